The maximum atomic E-state index is 13.2. The predicted octanol–water partition coefficient (Wildman–Crippen LogP) is 4.22. The topological polar surface area (TPSA) is 95.6 Å². The van der Waals surface area contributed by atoms with Gasteiger partial charge in [0.15, 0.2) is 0 Å². The summed E-state index contributed by atoms with van der Waals surface area (Å²) in [6, 6.07) is 10.9. The number of sulfonamides is 1. The highest BCUT2D eigenvalue weighted by Crippen LogP contribution is 2.28. The first kappa shape index (κ1) is 25.1. The molecule has 1 aliphatic rings. The maximum Gasteiger partial charge on any atom is 0.261 e. The molecule has 0 unspecified atom stereocenters. The normalized spacial score (nSPS) is 14.9. The fourth-order valence-electron chi connectivity index (χ4n) is 3.72. The quantitative estimate of drug-likeness (QED) is 0.568. The van der Waals surface area contributed by atoms with Crippen LogP contribution in [0.4, 0.5) is 5.69 Å². The van der Waals surface area contributed by atoms with Crippen molar-refractivity contribution in [3.8, 4) is 0 Å². The van der Waals surface area contributed by atoms with E-state index < -0.39 is 10.0 Å². The van der Waals surface area contributed by atoms with Crippen LogP contribution in [-0.4, -0.2) is 50.5 Å². The summed E-state index contributed by atoms with van der Waals surface area (Å²) in [6.45, 7) is 7.18. The second-order valence-corrected chi connectivity index (χ2v) is 11.1. The van der Waals surface area contributed by atoms with Gasteiger partial charge < -0.3 is 10.2 Å². The lowest BCUT2D eigenvalue weighted by Gasteiger charge is -2.30. The third-order valence-electron chi connectivity index (χ3n) is 5.62. The number of nitrogens with zero attached hydrogens (tertiary/aromatic N) is 1. The zero-order chi connectivity index (χ0) is 24.2. The summed E-state index contributed by atoms with van der Waals surface area (Å²) in [4.78, 5) is 28.2. The molecule has 0 spiro atoms. The molecule has 1 aliphatic heterocycles. The number of hydrogen-bond acceptors (Lipinski definition) is 5. The standard InChI is InChI=1S/C24H31N3O4S2/c1-16(2)25-23(28)19-7-5-6-8-21(19)26-33(30,31)18-9-10-22(32-4)20(15-18)24(29)27-13-11-17(3)12-14-27/h5-10,15-17,26H,11-14H2,1-4H3,(H,25,28). The first-order valence-electron chi connectivity index (χ1n) is 11.0. The molecular formula is C24H31N3O4S2. The number of rotatable bonds is 7. The third-order valence-corrected chi connectivity index (χ3v) is 7.78. The fraction of sp³-hybridized carbons (Fsp3) is 0.417. The molecule has 0 radical (unpaired) electrons. The highest BCUT2D eigenvalue weighted by Gasteiger charge is 2.26. The van der Waals surface area contributed by atoms with E-state index in [1.807, 2.05) is 20.1 Å². The molecule has 1 saturated heterocycles. The predicted molar refractivity (Wildman–Crippen MR) is 132 cm³/mol. The van der Waals surface area contributed by atoms with Crippen LogP contribution in [0.1, 0.15) is 54.3 Å². The van der Waals surface area contributed by atoms with Gasteiger partial charge in [-0.1, -0.05) is 19.1 Å². The van der Waals surface area contributed by atoms with Gasteiger partial charge in [-0.3, -0.25) is 14.3 Å². The van der Waals surface area contributed by atoms with E-state index in [9.17, 15) is 18.0 Å². The number of anilines is 1. The number of carbonyl (C=O) groups excluding carboxylic acids is 2. The first-order valence-corrected chi connectivity index (χ1v) is 13.7. The molecule has 1 heterocycles. The Balaban J connectivity index is 1.91. The lowest BCUT2D eigenvalue weighted by atomic mass is 9.98. The summed E-state index contributed by atoms with van der Waals surface area (Å²) in [5.41, 5.74) is 0.794. The molecule has 0 atom stereocenters. The largest absolute Gasteiger partial charge is 0.350 e. The molecule has 9 heteroatoms. The molecule has 178 valence electrons. The zero-order valence-corrected chi connectivity index (χ0v) is 21.1. The Hall–Kier alpha value is -2.52. The van der Waals surface area contributed by atoms with Crippen LogP contribution in [-0.2, 0) is 10.0 Å². The minimum absolute atomic E-state index is 0.0203. The summed E-state index contributed by atoms with van der Waals surface area (Å²) >= 11 is 1.41. The fourth-order valence-corrected chi connectivity index (χ4v) is 5.39. The number of para-hydroxylation sites is 1. The number of piperidine rings is 1. The van der Waals surface area contributed by atoms with E-state index in [4.69, 9.17) is 0 Å². The third kappa shape index (κ3) is 6.09. The molecule has 2 N–H and O–H groups in total. The second kappa shape index (κ2) is 10.6. The van der Waals surface area contributed by atoms with Gasteiger partial charge in [0, 0.05) is 24.0 Å². The molecule has 2 aromatic rings. The average molecular weight is 490 g/mol. The van der Waals surface area contributed by atoms with Crippen molar-refractivity contribution >= 4 is 39.3 Å². The summed E-state index contributed by atoms with van der Waals surface area (Å²) in [5, 5.41) is 2.78. The van der Waals surface area contributed by atoms with E-state index in [2.05, 4.69) is 17.0 Å². The lowest BCUT2D eigenvalue weighted by molar-refractivity contribution is 0.0693. The number of likely N-dealkylation sites (tertiary alicyclic amines) is 1. The lowest BCUT2D eigenvalue weighted by Crippen LogP contribution is -2.38. The molecule has 2 aromatic carbocycles. The number of benzene rings is 2. The van der Waals surface area contributed by atoms with E-state index >= 15 is 0 Å². The number of amides is 2. The molecule has 0 saturated carbocycles. The van der Waals surface area contributed by atoms with E-state index in [-0.39, 0.29) is 34.0 Å². The van der Waals surface area contributed by atoms with Gasteiger partial charge in [0.1, 0.15) is 0 Å². The Labute approximate surface area is 200 Å². The molecule has 0 aliphatic carbocycles. The molecule has 33 heavy (non-hydrogen) atoms. The SMILES string of the molecule is CSc1ccc(S(=O)(=O)Nc2ccccc2C(=O)NC(C)C)cc1C(=O)N1CCC(C)CC1. The van der Waals surface area contributed by atoms with Gasteiger partial charge in [-0.15, -0.1) is 11.8 Å². The second-order valence-electron chi connectivity index (χ2n) is 8.62. The van der Waals surface area contributed by atoms with Gasteiger partial charge in [0.05, 0.1) is 21.7 Å². The van der Waals surface area contributed by atoms with Crippen molar-refractivity contribution in [2.45, 2.75) is 49.4 Å². The Morgan fingerprint density at radius 3 is 2.36 bits per heavy atom. The highest BCUT2D eigenvalue weighted by molar-refractivity contribution is 7.98. The summed E-state index contributed by atoms with van der Waals surface area (Å²) in [7, 11) is -4.03. The van der Waals surface area contributed by atoms with Crippen LogP contribution in [0.3, 0.4) is 0 Å². The van der Waals surface area contributed by atoms with Crippen molar-refractivity contribution in [2.24, 2.45) is 5.92 Å². The van der Waals surface area contributed by atoms with Crippen LogP contribution in [0.5, 0.6) is 0 Å². The Kier molecular flexibility index (Phi) is 8.07. The molecule has 7 nitrogen and oxygen atoms in total. The molecule has 2 amide bonds. The number of carbonyl (C=O) groups is 2. The monoisotopic (exact) mass is 489 g/mol. The van der Waals surface area contributed by atoms with E-state index in [1.165, 1.54) is 23.9 Å². The van der Waals surface area contributed by atoms with Gasteiger partial charge in [-0.25, -0.2) is 8.42 Å². The van der Waals surface area contributed by atoms with Crippen LogP contribution in [0.15, 0.2) is 52.3 Å². The number of thioether (sulfide) groups is 1. The Morgan fingerprint density at radius 1 is 1.06 bits per heavy atom. The number of hydrogen-bond donors (Lipinski definition) is 2. The summed E-state index contributed by atoms with van der Waals surface area (Å²) < 4.78 is 29.0. The smallest absolute Gasteiger partial charge is 0.261 e. The van der Waals surface area contributed by atoms with Gasteiger partial charge in [0.25, 0.3) is 21.8 Å². The van der Waals surface area contributed by atoms with E-state index in [1.54, 1.807) is 35.2 Å². The zero-order valence-electron chi connectivity index (χ0n) is 19.4. The van der Waals surface area contributed by atoms with Crippen LogP contribution < -0.4 is 10.0 Å². The Bertz CT molecular complexity index is 1120. The van der Waals surface area contributed by atoms with E-state index in [0.717, 1.165) is 17.7 Å². The molecule has 1 fully saturated rings. The van der Waals surface area contributed by atoms with Crippen molar-refractivity contribution in [3.05, 3.63) is 53.6 Å². The van der Waals surface area contributed by atoms with Crippen LogP contribution in [0, 0.1) is 5.92 Å². The molecule has 3 rings (SSSR count). The Morgan fingerprint density at radius 2 is 1.73 bits per heavy atom. The van der Waals surface area contributed by atoms with Gasteiger partial charge in [0.2, 0.25) is 0 Å². The average Bonchev–Trinajstić information content (AvgIpc) is 2.78. The summed E-state index contributed by atoms with van der Waals surface area (Å²) in [5.74, 6) is 0.0641. The van der Waals surface area contributed by atoms with Crippen LogP contribution >= 0.6 is 11.8 Å². The van der Waals surface area contributed by atoms with Gasteiger partial charge in [-0.2, -0.15) is 0 Å². The van der Waals surface area contributed by atoms with E-state index in [0.29, 0.717) is 24.6 Å². The molecular weight excluding hydrogens is 458 g/mol. The van der Waals surface area contributed by atoms with Crippen molar-refractivity contribution in [2.75, 3.05) is 24.1 Å². The van der Waals surface area contributed by atoms with Crippen molar-refractivity contribution in [3.63, 3.8) is 0 Å². The van der Waals surface area contributed by atoms with Crippen molar-refractivity contribution < 1.29 is 18.0 Å². The highest BCUT2D eigenvalue weighted by atomic mass is 32.2. The van der Waals surface area contributed by atoms with Crippen molar-refractivity contribution in [1.82, 2.24) is 10.2 Å². The maximum absolute atomic E-state index is 13.2. The minimum Gasteiger partial charge on any atom is -0.350 e. The first-order chi connectivity index (χ1) is 15.6. The van der Waals surface area contributed by atoms with Crippen molar-refractivity contribution in [1.29, 1.82) is 0 Å². The van der Waals surface area contributed by atoms with Crippen LogP contribution in [0.25, 0.3) is 0 Å². The van der Waals surface area contributed by atoms with Gasteiger partial charge in [-0.05, 0) is 69.2 Å². The minimum atomic E-state index is -4.03. The molecule has 0 bridgehead atoms. The van der Waals surface area contributed by atoms with Gasteiger partial charge >= 0.3 is 0 Å². The number of nitrogens with one attached hydrogen (secondary N) is 2. The molecule has 0 aromatic heterocycles. The summed E-state index contributed by atoms with van der Waals surface area (Å²) in [6.07, 6.45) is 3.74. The van der Waals surface area contributed by atoms with Crippen LogP contribution in [0.2, 0.25) is 0 Å².